The molecule has 2 aromatic carbocycles. The third-order valence-electron chi connectivity index (χ3n) is 2.62. The van der Waals surface area contributed by atoms with Crippen molar-refractivity contribution in [3.8, 4) is 11.5 Å². The fraction of sp³-hybridized carbons (Fsp3) is 0.143. The van der Waals surface area contributed by atoms with E-state index in [9.17, 15) is 4.39 Å². The standard InChI is InChI=1S/C14H12Cl2FNO/c1-8(18)9-4-2-6-11(17)14(9)19-12-7-3-5-10(15)13(12)16/h2-8H,18H2,1H3/t8-/m1/s1. The van der Waals surface area contributed by atoms with E-state index in [1.54, 1.807) is 37.3 Å². The van der Waals surface area contributed by atoms with Crippen LogP contribution in [0, 0.1) is 5.82 Å². The van der Waals surface area contributed by atoms with Gasteiger partial charge in [-0.05, 0) is 25.1 Å². The molecular formula is C14H12Cl2FNO. The van der Waals surface area contributed by atoms with Crippen molar-refractivity contribution in [1.29, 1.82) is 0 Å². The quantitative estimate of drug-likeness (QED) is 0.871. The molecule has 0 unspecified atom stereocenters. The van der Waals surface area contributed by atoms with Gasteiger partial charge in [0.25, 0.3) is 0 Å². The second kappa shape index (κ2) is 5.78. The van der Waals surface area contributed by atoms with E-state index in [1.165, 1.54) is 6.07 Å². The number of ether oxygens (including phenoxy) is 1. The van der Waals surface area contributed by atoms with E-state index < -0.39 is 5.82 Å². The second-order valence-corrected chi connectivity index (χ2v) is 4.89. The summed E-state index contributed by atoms with van der Waals surface area (Å²) in [6, 6.07) is 9.16. The average molecular weight is 300 g/mol. The Morgan fingerprint density at radius 2 is 1.84 bits per heavy atom. The molecule has 0 heterocycles. The lowest BCUT2D eigenvalue weighted by Gasteiger charge is -2.15. The van der Waals surface area contributed by atoms with E-state index in [0.29, 0.717) is 16.3 Å². The van der Waals surface area contributed by atoms with Crippen LogP contribution < -0.4 is 10.5 Å². The summed E-state index contributed by atoms with van der Waals surface area (Å²) in [5, 5.41) is 0.584. The molecule has 0 fully saturated rings. The summed E-state index contributed by atoms with van der Waals surface area (Å²) in [4.78, 5) is 0. The van der Waals surface area contributed by atoms with Crippen LogP contribution in [0.3, 0.4) is 0 Å². The van der Waals surface area contributed by atoms with Gasteiger partial charge in [0.2, 0.25) is 0 Å². The lowest BCUT2D eigenvalue weighted by Crippen LogP contribution is -2.07. The summed E-state index contributed by atoms with van der Waals surface area (Å²) in [6.45, 7) is 1.75. The van der Waals surface area contributed by atoms with E-state index in [4.69, 9.17) is 33.7 Å². The van der Waals surface area contributed by atoms with Crippen molar-refractivity contribution in [3.63, 3.8) is 0 Å². The summed E-state index contributed by atoms with van der Waals surface area (Å²) < 4.78 is 19.4. The second-order valence-electron chi connectivity index (χ2n) is 4.10. The molecule has 2 N–H and O–H groups in total. The molecule has 0 saturated carbocycles. The summed E-state index contributed by atoms with van der Waals surface area (Å²) >= 11 is 11.9. The van der Waals surface area contributed by atoms with Crippen LogP contribution in [0.2, 0.25) is 10.0 Å². The van der Waals surface area contributed by atoms with Gasteiger partial charge in [-0.2, -0.15) is 0 Å². The van der Waals surface area contributed by atoms with Crippen LogP contribution in [0.25, 0.3) is 0 Å². The molecule has 0 aliphatic carbocycles. The molecule has 5 heteroatoms. The van der Waals surface area contributed by atoms with Gasteiger partial charge in [-0.15, -0.1) is 0 Å². The van der Waals surface area contributed by atoms with Crippen LogP contribution in [0.15, 0.2) is 36.4 Å². The van der Waals surface area contributed by atoms with Crippen LogP contribution in [-0.4, -0.2) is 0 Å². The van der Waals surface area contributed by atoms with Crippen LogP contribution in [0.4, 0.5) is 4.39 Å². The maximum Gasteiger partial charge on any atom is 0.167 e. The lowest BCUT2D eigenvalue weighted by atomic mass is 10.1. The highest BCUT2D eigenvalue weighted by Gasteiger charge is 2.16. The van der Waals surface area contributed by atoms with E-state index in [0.717, 1.165) is 0 Å². The molecule has 0 amide bonds. The minimum absolute atomic E-state index is 0.0710. The highest BCUT2D eigenvalue weighted by molar-refractivity contribution is 6.42. The average Bonchev–Trinajstić information content (AvgIpc) is 2.36. The first-order chi connectivity index (χ1) is 9.00. The molecule has 19 heavy (non-hydrogen) atoms. The number of rotatable bonds is 3. The Bertz CT molecular complexity index is 602. The van der Waals surface area contributed by atoms with Crippen LogP contribution in [0.5, 0.6) is 11.5 Å². The Kier molecular flexibility index (Phi) is 4.30. The summed E-state index contributed by atoms with van der Waals surface area (Å²) in [5.41, 5.74) is 6.37. The predicted octanol–water partition coefficient (Wildman–Crippen LogP) is 4.94. The molecule has 0 aliphatic heterocycles. The van der Waals surface area contributed by atoms with E-state index in [-0.39, 0.29) is 16.8 Å². The molecule has 0 saturated heterocycles. The smallest absolute Gasteiger partial charge is 0.167 e. The molecule has 2 aromatic rings. The van der Waals surface area contributed by atoms with Gasteiger partial charge in [0, 0.05) is 11.6 Å². The Morgan fingerprint density at radius 3 is 2.53 bits per heavy atom. The Hall–Kier alpha value is -1.29. The molecular weight excluding hydrogens is 288 g/mol. The molecule has 2 rings (SSSR count). The van der Waals surface area contributed by atoms with Gasteiger partial charge in [-0.3, -0.25) is 0 Å². The molecule has 1 atom stereocenters. The van der Waals surface area contributed by atoms with Crippen molar-refractivity contribution in [2.24, 2.45) is 5.73 Å². The zero-order chi connectivity index (χ0) is 14.0. The monoisotopic (exact) mass is 299 g/mol. The van der Waals surface area contributed by atoms with Crippen molar-refractivity contribution in [2.45, 2.75) is 13.0 Å². The largest absolute Gasteiger partial charge is 0.452 e. The number of nitrogens with two attached hydrogens (primary N) is 1. The maximum atomic E-state index is 13.9. The zero-order valence-corrected chi connectivity index (χ0v) is 11.7. The molecule has 0 aromatic heterocycles. The third kappa shape index (κ3) is 3.00. The lowest BCUT2D eigenvalue weighted by molar-refractivity contribution is 0.433. The fourth-order valence-corrected chi connectivity index (χ4v) is 1.99. The summed E-state index contributed by atoms with van der Waals surface area (Å²) in [6.07, 6.45) is 0. The Balaban J connectivity index is 2.46. The van der Waals surface area contributed by atoms with Crippen molar-refractivity contribution in [1.82, 2.24) is 0 Å². The van der Waals surface area contributed by atoms with E-state index in [1.807, 2.05) is 0 Å². The van der Waals surface area contributed by atoms with Crippen molar-refractivity contribution in [3.05, 3.63) is 57.8 Å². The topological polar surface area (TPSA) is 35.2 Å². The third-order valence-corrected chi connectivity index (χ3v) is 3.42. The van der Waals surface area contributed by atoms with Gasteiger partial charge < -0.3 is 10.5 Å². The van der Waals surface area contributed by atoms with Crippen molar-refractivity contribution >= 4 is 23.2 Å². The first-order valence-electron chi connectivity index (χ1n) is 5.66. The molecule has 0 radical (unpaired) electrons. The molecule has 0 aliphatic rings. The zero-order valence-electron chi connectivity index (χ0n) is 10.2. The van der Waals surface area contributed by atoms with Crippen LogP contribution >= 0.6 is 23.2 Å². The van der Waals surface area contributed by atoms with Gasteiger partial charge in [0.05, 0.1) is 5.02 Å². The molecule has 0 bridgehead atoms. The molecule has 2 nitrogen and oxygen atoms in total. The van der Waals surface area contributed by atoms with Gasteiger partial charge >= 0.3 is 0 Å². The number of benzene rings is 2. The van der Waals surface area contributed by atoms with Gasteiger partial charge in [-0.25, -0.2) is 4.39 Å². The van der Waals surface area contributed by atoms with Crippen LogP contribution in [0.1, 0.15) is 18.5 Å². The summed E-state index contributed by atoms with van der Waals surface area (Å²) in [7, 11) is 0. The first-order valence-corrected chi connectivity index (χ1v) is 6.42. The fourth-order valence-electron chi connectivity index (χ4n) is 1.66. The van der Waals surface area contributed by atoms with Crippen molar-refractivity contribution in [2.75, 3.05) is 0 Å². The summed E-state index contributed by atoms with van der Waals surface area (Å²) in [5.74, 6) is -0.131. The number of hydrogen-bond donors (Lipinski definition) is 1. The van der Waals surface area contributed by atoms with Gasteiger partial charge in [0.1, 0.15) is 10.8 Å². The number of para-hydroxylation sites is 1. The van der Waals surface area contributed by atoms with E-state index >= 15 is 0 Å². The molecule has 100 valence electrons. The number of hydrogen-bond acceptors (Lipinski definition) is 2. The van der Waals surface area contributed by atoms with E-state index in [2.05, 4.69) is 0 Å². The first kappa shape index (κ1) is 14.1. The van der Waals surface area contributed by atoms with Crippen molar-refractivity contribution < 1.29 is 9.13 Å². The Morgan fingerprint density at radius 1 is 1.16 bits per heavy atom. The maximum absolute atomic E-state index is 13.9. The molecule has 0 spiro atoms. The normalized spacial score (nSPS) is 12.3. The minimum atomic E-state index is -0.495. The number of halogens is 3. The predicted molar refractivity (Wildman–Crippen MR) is 75.5 cm³/mol. The highest BCUT2D eigenvalue weighted by atomic mass is 35.5. The van der Waals surface area contributed by atoms with Crippen LogP contribution in [-0.2, 0) is 0 Å². The minimum Gasteiger partial charge on any atom is -0.452 e. The van der Waals surface area contributed by atoms with Gasteiger partial charge in [-0.1, -0.05) is 41.4 Å². The highest BCUT2D eigenvalue weighted by Crippen LogP contribution is 2.37. The SMILES string of the molecule is C[C@@H](N)c1cccc(F)c1Oc1cccc(Cl)c1Cl. The Labute approximate surface area is 120 Å². The van der Waals surface area contributed by atoms with Gasteiger partial charge in [0.15, 0.2) is 11.6 Å².